The third-order valence-electron chi connectivity index (χ3n) is 4.08. The maximum Gasteiger partial charge on any atom is 0.323 e. The molecule has 110 valence electrons. The average molecular weight is 287 g/mol. The Morgan fingerprint density at radius 1 is 1.43 bits per heavy atom. The molecule has 6 heteroatoms. The van der Waals surface area contributed by atoms with Gasteiger partial charge in [0, 0.05) is 5.56 Å². The van der Waals surface area contributed by atoms with Crippen LogP contribution in [0.15, 0.2) is 34.9 Å². The summed E-state index contributed by atoms with van der Waals surface area (Å²) >= 11 is 0. The molecule has 1 atom stereocenters. The van der Waals surface area contributed by atoms with E-state index in [4.69, 9.17) is 4.52 Å². The molecule has 0 amide bonds. The number of carboxylic acids is 1. The van der Waals surface area contributed by atoms with Gasteiger partial charge < -0.3 is 9.63 Å². The lowest BCUT2D eigenvalue weighted by atomic mass is 9.99. The second kappa shape index (κ2) is 5.29. The number of rotatable bonds is 4. The van der Waals surface area contributed by atoms with Crippen LogP contribution in [-0.2, 0) is 11.3 Å². The standard InChI is InChI=1S/C15H17N3O3/c1-15(14(19)20)8-5-9-18(15)10-12-16-13(17-21-12)11-6-3-2-4-7-11/h2-4,6-7H,5,8-10H2,1H3,(H,19,20). The minimum atomic E-state index is -0.846. The van der Waals surface area contributed by atoms with Crippen LogP contribution in [0.5, 0.6) is 0 Å². The van der Waals surface area contributed by atoms with Crippen molar-refractivity contribution in [3.8, 4) is 11.4 Å². The predicted octanol–water partition coefficient (Wildman–Crippen LogP) is 2.18. The van der Waals surface area contributed by atoms with Crippen molar-refractivity contribution in [1.29, 1.82) is 0 Å². The van der Waals surface area contributed by atoms with Crippen LogP contribution >= 0.6 is 0 Å². The van der Waals surface area contributed by atoms with Crippen LogP contribution < -0.4 is 0 Å². The van der Waals surface area contributed by atoms with E-state index in [1.165, 1.54) is 0 Å². The molecule has 2 heterocycles. The van der Waals surface area contributed by atoms with E-state index in [0.717, 1.165) is 18.5 Å². The first-order valence-corrected chi connectivity index (χ1v) is 6.96. The van der Waals surface area contributed by atoms with Gasteiger partial charge in [0.2, 0.25) is 11.7 Å². The molecular weight excluding hydrogens is 270 g/mol. The summed E-state index contributed by atoms with van der Waals surface area (Å²) in [5, 5.41) is 13.4. The van der Waals surface area contributed by atoms with E-state index >= 15 is 0 Å². The van der Waals surface area contributed by atoms with Crippen LogP contribution in [0.4, 0.5) is 0 Å². The Labute approximate surface area is 122 Å². The van der Waals surface area contributed by atoms with Gasteiger partial charge in [0.1, 0.15) is 5.54 Å². The zero-order chi connectivity index (χ0) is 14.9. The third-order valence-corrected chi connectivity index (χ3v) is 4.08. The van der Waals surface area contributed by atoms with Gasteiger partial charge in [0.25, 0.3) is 0 Å². The SMILES string of the molecule is CC1(C(=O)O)CCCN1Cc1nc(-c2ccccc2)no1. The van der Waals surface area contributed by atoms with E-state index in [1.54, 1.807) is 6.92 Å². The molecule has 1 aromatic carbocycles. The number of benzene rings is 1. The lowest BCUT2D eigenvalue weighted by Gasteiger charge is -2.29. The zero-order valence-electron chi connectivity index (χ0n) is 11.8. The molecular formula is C15H17N3O3. The number of hydrogen-bond acceptors (Lipinski definition) is 5. The van der Waals surface area contributed by atoms with Gasteiger partial charge >= 0.3 is 5.97 Å². The van der Waals surface area contributed by atoms with E-state index in [0.29, 0.717) is 24.7 Å². The lowest BCUT2D eigenvalue weighted by Crippen LogP contribution is -2.47. The van der Waals surface area contributed by atoms with Crippen LogP contribution in [0, 0.1) is 0 Å². The minimum Gasteiger partial charge on any atom is -0.480 e. The number of aliphatic carboxylic acids is 1. The zero-order valence-corrected chi connectivity index (χ0v) is 11.8. The van der Waals surface area contributed by atoms with Gasteiger partial charge in [-0.15, -0.1) is 0 Å². The summed E-state index contributed by atoms with van der Waals surface area (Å²) in [7, 11) is 0. The third kappa shape index (κ3) is 2.54. The highest BCUT2D eigenvalue weighted by molar-refractivity contribution is 5.78. The highest BCUT2D eigenvalue weighted by atomic mass is 16.5. The van der Waals surface area contributed by atoms with Crippen molar-refractivity contribution in [3.63, 3.8) is 0 Å². The summed E-state index contributed by atoms with van der Waals surface area (Å²) < 4.78 is 5.26. The van der Waals surface area contributed by atoms with Crippen molar-refractivity contribution in [2.45, 2.75) is 31.8 Å². The molecule has 1 N–H and O–H groups in total. The van der Waals surface area contributed by atoms with Crippen molar-refractivity contribution < 1.29 is 14.4 Å². The Balaban J connectivity index is 1.77. The molecule has 1 fully saturated rings. The summed E-state index contributed by atoms with van der Waals surface area (Å²) in [6.07, 6.45) is 1.50. The van der Waals surface area contributed by atoms with Crippen LogP contribution in [0.2, 0.25) is 0 Å². The van der Waals surface area contributed by atoms with Crippen molar-refractivity contribution >= 4 is 5.97 Å². The van der Waals surface area contributed by atoms with Crippen molar-refractivity contribution in [3.05, 3.63) is 36.2 Å². The highest BCUT2D eigenvalue weighted by Gasteiger charge is 2.43. The maximum atomic E-state index is 11.4. The topological polar surface area (TPSA) is 79.5 Å². The molecule has 1 saturated heterocycles. The van der Waals surface area contributed by atoms with Crippen molar-refractivity contribution in [2.24, 2.45) is 0 Å². The predicted molar refractivity (Wildman–Crippen MR) is 75.4 cm³/mol. The molecule has 1 unspecified atom stereocenters. The van der Waals surface area contributed by atoms with Gasteiger partial charge in [-0.2, -0.15) is 4.98 Å². The van der Waals surface area contributed by atoms with E-state index < -0.39 is 11.5 Å². The molecule has 2 aromatic rings. The number of carbonyl (C=O) groups is 1. The molecule has 0 spiro atoms. The van der Waals surface area contributed by atoms with Gasteiger partial charge in [-0.25, -0.2) is 0 Å². The average Bonchev–Trinajstić information content (AvgIpc) is 3.09. The Morgan fingerprint density at radius 3 is 2.90 bits per heavy atom. The van der Waals surface area contributed by atoms with Crippen LogP contribution in [0.3, 0.4) is 0 Å². The van der Waals surface area contributed by atoms with Gasteiger partial charge in [0.15, 0.2) is 0 Å². The van der Waals surface area contributed by atoms with Gasteiger partial charge in [-0.1, -0.05) is 35.5 Å². The Morgan fingerprint density at radius 2 is 2.19 bits per heavy atom. The summed E-state index contributed by atoms with van der Waals surface area (Å²) in [5.74, 6) is 0.174. The van der Waals surface area contributed by atoms with E-state index in [1.807, 2.05) is 35.2 Å². The number of likely N-dealkylation sites (tertiary alicyclic amines) is 1. The quantitative estimate of drug-likeness (QED) is 0.928. The molecule has 0 radical (unpaired) electrons. The van der Waals surface area contributed by atoms with Crippen LogP contribution in [-0.4, -0.2) is 38.2 Å². The largest absolute Gasteiger partial charge is 0.480 e. The van der Waals surface area contributed by atoms with E-state index in [9.17, 15) is 9.90 Å². The lowest BCUT2D eigenvalue weighted by molar-refractivity contribution is -0.149. The molecule has 1 aromatic heterocycles. The van der Waals surface area contributed by atoms with Crippen molar-refractivity contribution in [1.82, 2.24) is 15.0 Å². The Kier molecular flexibility index (Phi) is 3.47. The van der Waals surface area contributed by atoms with Gasteiger partial charge in [-0.3, -0.25) is 9.69 Å². The summed E-state index contributed by atoms with van der Waals surface area (Å²) in [4.78, 5) is 17.7. The molecule has 1 aliphatic rings. The normalized spacial score (nSPS) is 22.5. The maximum absolute atomic E-state index is 11.4. The highest BCUT2D eigenvalue weighted by Crippen LogP contribution is 2.30. The minimum absolute atomic E-state index is 0.364. The first-order chi connectivity index (χ1) is 10.1. The molecule has 21 heavy (non-hydrogen) atoms. The molecule has 1 aliphatic heterocycles. The number of hydrogen-bond donors (Lipinski definition) is 1. The monoisotopic (exact) mass is 287 g/mol. The Hall–Kier alpha value is -2.21. The van der Waals surface area contributed by atoms with Gasteiger partial charge in [-0.05, 0) is 26.3 Å². The van der Waals surface area contributed by atoms with Crippen LogP contribution in [0.25, 0.3) is 11.4 Å². The van der Waals surface area contributed by atoms with Crippen molar-refractivity contribution in [2.75, 3.05) is 6.54 Å². The summed E-state index contributed by atoms with van der Waals surface area (Å²) in [6, 6.07) is 9.56. The molecule has 0 bridgehead atoms. The smallest absolute Gasteiger partial charge is 0.323 e. The van der Waals surface area contributed by atoms with Gasteiger partial charge in [0.05, 0.1) is 6.54 Å². The first-order valence-electron chi connectivity index (χ1n) is 6.96. The summed E-state index contributed by atoms with van der Waals surface area (Å²) in [6.45, 7) is 2.84. The summed E-state index contributed by atoms with van der Waals surface area (Å²) in [5.41, 5.74) is 0.0383. The molecule has 3 rings (SSSR count). The second-order valence-electron chi connectivity index (χ2n) is 5.48. The number of nitrogens with zero attached hydrogens (tertiary/aromatic N) is 3. The molecule has 6 nitrogen and oxygen atoms in total. The molecule has 0 saturated carbocycles. The Bertz CT molecular complexity index is 641. The van der Waals surface area contributed by atoms with Crippen LogP contribution in [0.1, 0.15) is 25.7 Å². The fourth-order valence-electron chi connectivity index (χ4n) is 2.70. The first kappa shape index (κ1) is 13.8. The number of aromatic nitrogens is 2. The van der Waals surface area contributed by atoms with E-state index in [2.05, 4.69) is 10.1 Å². The second-order valence-corrected chi connectivity index (χ2v) is 5.48. The fourth-order valence-corrected chi connectivity index (χ4v) is 2.70. The van der Waals surface area contributed by atoms with E-state index in [-0.39, 0.29) is 0 Å². The fraction of sp³-hybridized carbons (Fsp3) is 0.400. The molecule has 0 aliphatic carbocycles. The number of carboxylic acid groups (broad SMARTS) is 1.